The molecule has 0 bridgehead atoms. The monoisotopic (exact) mass is 928 g/mol. The van der Waals surface area contributed by atoms with Crippen molar-refractivity contribution >= 4 is 44.1 Å². The van der Waals surface area contributed by atoms with Gasteiger partial charge in [-0.25, -0.2) is 15.0 Å². The highest BCUT2D eigenvalue weighted by atomic mass is 15.2. The lowest BCUT2D eigenvalue weighted by Crippen LogP contribution is -2.33. The Morgan fingerprint density at radius 3 is 1.55 bits per heavy atom. The molecule has 2 heterocycles. The minimum Gasteiger partial charge on any atom is -0.344 e. The molecular formula is C69H44N4. The average molecular weight is 929 g/mol. The number of pyridine rings is 1. The van der Waals surface area contributed by atoms with Crippen LogP contribution in [0.5, 0.6) is 0 Å². The van der Waals surface area contributed by atoms with Gasteiger partial charge in [-0.1, -0.05) is 224 Å². The molecule has 0 amide bonds. The summed E-state index contributed by atoms with van der Waals surface area (Å²) in [6.07, 6.45) is -0.440. The van der Waals surface area contributed by atoms with Gasteiger partial charge in [-0.2, -0.15) is 0 Å². The fourth-order valence-electron chi connectivity index (χ4n) is 12.4. The fourth-order valence-corrected chi connectivity index (χ4v) is 12.4. The molecule has 1 spiro atoms. The van der Waals surface area contributed by atoms with Crippen LogP contribution < -0.4 is 5.32 Å². The highest BCUT2D eigenvalue weighted by Crippen LogP contribution is 2.63. The van der Waals surface area contributed by atoms with Gasteiger partial charge in [0.2, 0.25) is 0 Å². The van der Waals surface area contributed by atoms with Gasteiger partial charge in [0.1, 0.15) is 12.0 Å². The molecule has 15 rings (SSSR count). The third kappa shape index (κ3) is 6.30. The molecule has 3 aliphatic rings. The zero-order valence-corrected chi connectivity index (χ0v) is 39.7. The molecule has 0 fully saturated rings. The van der Waals surface area contributed by atoms with Gasteiger partial charge in [0, 0.05) is 27.5 Å². The summed E-state index contributed by atoms with van der Waals surface area (Å²) >= 11 is 0. The summed E-state index contributed by atoms with van der Waals surface area (Å²) in [5.74, 6) is 1.48. The normalized spacial score (nSPS) is 14.8. The van der Waals surface area contributed by atoms with Crippen molar-refractivity contribution < 1.29 is 0 Å². The van der Waals surface area contributed by atoms with Crippen molar-refractivity contribution in [3.8, 4) is 55.8 Å². The van der Waals surface area contributed by atoms with Gasteiger partial charge in [0.05, 0.1) is 16.6 Å². The molecule has 0 radical (unpaired) electrons. The van der Waals surface area contributed by atoms with Gasteiger partial charge in [-0.15, -0.1) is 0 Å². The number of para-hydroxylation sites is 1. The largest absolute Gasteiger partial charge is 0.344 e. The zero-order valence-electron chi connectivity index (χ0n) is 39.7. The van der Waals surface area contributed by atoms with Gasteiger partial charge in [0.15, 0.2) is 5.84 Å². The van der Waals surface area contributed by atoms with Crippen LogP contribution in [0.15, 0.2) is 265 Å². The standard InChI is InChI=1S/C69H44N4/c1-3-19-43(20-4-1)66-71-67(44-21-5-2-6-22-44)73-68(72-66)48-40-46(45-35-38-63-59(42-45)55-28-13-17-33-62(55)69(63)60-31-15-11-26-53(60)54-27-12-16-32-61(54)69)39-47(41-48)49-36-37-58(51-24-8-7-23-50(49)51)65-57-30-10-9-25-52(57)56-29-14-18-34-64(56)70-65/h1-42,68H,(H,71,72,73). The second kappa shape index (κ2) is 16.3. The summed E-state index contributed by atoms with van der Waals surface area (Å²) in [4.78, 5) is 16.0. The Balaban J connectivity index is 0.950. The molecule has 73 heavy (non-hydrogen) atoms. The third-order valence-corrected chi connectivity index (χ3v) is 15.5. The van der Waals surface area contributed by atoms with Crippen LogP contribution >= 0.6 is 0 Å². The fraction of sp³-hybridized carbons (Fsp3) is 0.0290. The molecule has 0 saturated heterocycles. The summed E-state index contributed by atoms with van der Waals surface area (Å²) in [6.45, 7) is 0. The third-order valence-electron chi connectivity index (χ3n) is 15.5. The van der Waals surface area contributed by atoms with Crippen LogP contribution in [0.3, 0.4) is 0 Å². The first kappa shape index (κ1) is 41.3. The summed E-state index contributed by atoms with van der Waals surface area (Å²) in [7, 11) is 0. The number of amidine groups is 2. The van der Waals surface area contributed by atoms with Crippen molar-refractivity contribution in [2.75, 3.05) is 0 Å². The average Bonchev–Trinajstić information content (AvgIpc) is 3.94. The molecular weight excluding hydrogens is 885 g/mol. The van der Waals surface area contributed by atoms with Gasteiger partial charge >= 0.3 is 0 Å². The summed E-state index contributed by atoms with van der Waals surface area (Å²) in [5, 5.41) is 9.60. The number of benzene rings is 11. The number of nitrogens with one attached hydrogen (secondary N) is 1. The van der Waals surface area contributed by atoms with E-state index in [1.807, 2.05) is 12.1 Å². The minimum absolute atomic E-state index is 0.418. The summed E-state index contributed by atoms with van der Waals surface area (Å²) in [5.41, 5.74) is 20.6. The zero-order chi connectivity index (χ0) is 48.0. The smallest absolute Gasteiger partial charge is 0.159 e. The Morgan fingerprint density at radius 1 is 0.329 bits per heavy atom. The Hall–Kier alpha value is -9.51. The maximum atomic E-state index is 5.43. The molecule has 4 nitrogen and oxygen atoms in total. The lowest BCUT2D eigenvalue weighted by atomic mass is 9.70. The number of hydrogen-bond acceptors (Lipinski definition) is 4. The Labute approximate surface area is 423 Å². The SMILES string of the molecule is c1ccc(C2=NC(c3cc(-c4ccc5c(c4)-c4ccccc4C54c5ccccc5-c5ccccc54)cc(-c4ccc(-c5nc6ccccc6c6ccccc56)c5ccccc45)c3)NC(c3ccccc3)=N2)cc1. The summed E-state index contributed by atoms with van der Waals surface area (Å²) < 4.78 is 0. The topological polar surface area (TPSA) is 49.6 Å². The number of hydrogen-bond donors (Lipinski definition) is 1. The molecule has 1 N–H and O–H groups in total. The number of fused-ring (bicyclic) bond motifs is 14. The van der Waals surface area contributed by atoms with E-state index in [9.17, 15) is 0 Å². The van der Waals surface area contributed by atoms with Crippen molar-refractivity contribution in [1.29, 1.82) is 0 Å². The molecule has 2 aliphatic carbocycles. The minimum atomic E-state index is -0.440. The van der Waals surface area contributed by atoms with Crippen molar-refractivity contribution in [3.63, 3.8) is 0 Å². The second-order valence-corrected chi connectivity index (χ2v) is 19.4. The quantitative estimate of drug-likeness (QED) is 0.169. The Morgan fingerprint density at radius 2 is 0.849 bits per heavy atom. The number of aliphatic imine (C=N–C) groups is 2. The molecule has 1 atom stereocenters. The van der Waals surface area contributed by atoms with Crippen LogP contribution in [-0.4, -0.2) is 16.7 Å². The lowest BCUT2D eigenvalue weighted by molar-refractivity contribution is 0.674. The first-order valence-corrected chi connectivity index (χ1v) is 25.1. The Bertz CT molecular complexity index is 4260. The van der Waals surface area contributed by atoms with Crippen LogP contribution in [0.4, 0.5) is 0 Å². The van der Waals surface area contributed by atoms with E-state index in [1.54, 1.807) is 0 Å². The van der Waals surface area contributed by atoms with Crippen molar-refractivity contribution in [3.05, 3.63) is 294 Å². The molecule has 12 aromatic rings. The molecule has 11 aromatic carbocycles. The van der Waals surface area contributed by atoms with E-state index in [2.05, 4.69) is 248 Å². The van der Waals surface area contributed by atoms with Crippen LogP contribution in [0.25, 0.3) is 88.2 Å². The van der Waals surface area contributed by atoms with Crippen molar-refractivity contribution in [1.82, 2.24) is 10.3 Å². The van der Waals surface area contributed by atoms with Crippen LogP contribution in [-0.2, 0) is 5.41 Å². The molecule has 1 aromatic heterocycles. The predicted octanol–water partition coefficient (Wildman–Crippen LogP) is 16.4. The van der Waals surface area contributed by atoms with E-state index >= 15 is 0 Å². The van der Waals surface area contributed by atoms with E-state index in [-0.39, 0.29) is 0 Å². The van der Waals surface area contributed by atoms with Crippen LogP contribution in [0, 0.1) is 0 Å². The van der Waals surface area contributed by atoms with E-state index in [0.29, 0.717) is 5.84 Å². The molecule has 0 saturated carbocycles. The van der Waals surface area contributed by atoms with E-state index < -0.39 is 11.6 Å². The van der Waals surface area contributed by atoms with Crippen LogP contribution in [0.2, 0.25) is 0 Å². The Kier molecular flexibility index (Phi) is 9.21. The van der Waals surface area contributed by atoms with Crippen molar-refractivity contribution in [2.45, 2.75) is 11.6 Å². The van der Waals surface area contributed by atoms with Crippen molar-refractivity contribution in [2.24, 2.45) is 9.98 Å². The summed E-state index contributed by atoms with van der Waals surface area (Å²) in [6, 6.07) is 92.5. The predicted molar refractivity (Wildman–Crippen MR) is 301 cm³/mol. The first-order chi connectivity index (χ1) is 36.2. The molecule has 1 unspecified atom stereocenters. The number of rotatable bonds is 6. The molecule has 1 aliphatic heterocycles. The lowest BCUT2D eigenvalue weighted by Gasteiger charge is -2.30. The first-order valence-electron chi connectivity index (χ1n) is 25.1. The van der Waals surface area contributed by atoms with Gasteiger partial charge in [-0.3, -0.25) is 0 Å². The van der Waals surface area contributed by atoms with E-state index in [4.69, 9.17) is 15.0 Å². The maximum absolute atomic E-state index is 5.43. The van der Waals surface area contributed by atoms with E-state index in [1.165, 1.54) is 49.9 Å². The van der Waals surface area contributed by atoms with Crippen LogP contribution in [0.1, 0.15) is 45.1 Å². The maximum Gasteiger partial charge on any atom is 0.159 e. The van der Waals surface area contributed by atoms with Gasteiger partial charge < -0.3 is 5.32 Å². The van der Waals surface area contributed by atoms with Gasteiger partial charge in [-0.05, 0) is 119 Å². The molecule has 4 heteroatoms. The second-order valence-electron chi connectivity index (χ2n) is 19.4. The van der Waals surface area contributed by atoms with E-state index in [0.717, 1.165) is 83.1 Å². The number of aromatic nitrogens is 1. The molecule has 340 valence electrons. The van der Waals surface area contributed by atoms with Gasteiger partial charge in [0.25, 0.3) is 0 Å². The number of nitrogens with zero attached hydrogens (tertiary/aromatic N) is 3. The highest BCUT2D eigenvalue weighted by Gasteiger charge is 2.51. The highest BCUT2D eigenvalue weighted by molar-refractivity contribution is 6.15.